The van der Waals surface area contributed by atoms with Crippen LogP contribution in [0.25, 0.3) is 0 Å². The highest BCUT2D eigenvalue weighted by Crippen LogP contribution is 2.31. The van der Waals surface area contributed by atoms with E-state index < -0.39 is 54.4 Å². The van der Waals surface area contributed by atoms with Gasteiger partial charge in [0, 0.05) is 33.4 Å². The molecular formula is C18H27NO9. The molecule has 1 aliphatic heterocycles. The first-order valence-electron chi connectivity index (χ1n) is 8.75. The van der Waals surface area contributed by atoms with Crippen LogP contribution < -0.4 is 5.73 Å². The summed E-state index contributed by atoms with van der Waals surface area (Å²) in [5.74, 6) is -2.55. The summed E-state index contributed by atoms with van der Waals surface area (Å²) in [4.78, 5) is 46.1. The van der Waals surface area contributed by atoms with Crippen molar-refractivity contribution in [2.45, 2.75) is 71.1 Å². The number of hydrogen-bond donors (Lipinski definition) is 1. The zero-order chi connectivity index (χ0) is 21.4. The maximum absolute atomic E-state index is 11.7. The van der Waals surface area contributed by atoms with E-state index in [1.807, 2.05) is 0 Å². The second kappa shape index (κ2) is 10.6. The first-order valence-corrected chi connectivity index (χ1v) is 8.75. The molecule has 1 saturated heterocycles. The van der Waals surface area contributed by atoms with E-state index in [-0.39, 0.29) is 13.0 Å². The minimum Gasteiger partial charge on any atom is -0.463 e. The standard InChI is InChI=1S/C18H27NO9/c1-9(19)6-7-14-16(25-11(3)21)18(27-13(5)23)17(26-12(4)22)15(28-14)8-24-10(2)20/h14-18H,1,6-8,19H2,2-5H3/t14-,15-,16-,17-,18-/m1/s1. The summed E-state index contributed by atoms with van der Waals surface area (Å²) in [7, 11) is 0. The first kappa shape index (κ1) is 23.4. The van der Waals surface area contributed by atoms with Gasteiger partial charge >= 0.3 is 23.9 Å². The minimum absolute atomic E-state index is 0.252. The lowest BCUT2D eigenvalue weighted by Crippen LogP contribution is -2.62. The summed E-state index contributed by atoms with van der Waals surface area (Å²) in [5.41, 5.74) is 6.00. The summed E-state index contributed by atoms with van der Waals surface area (Å²) in [6.07, 6.45) is -4.44. The van der Waals surface area contributed by atoms with Crippen LogP contribution in [0.5, 0.6) is 0 Å². The molecule has 10 nitrogen and oxygen atoms in total. The molecule has 5 atom stereocenters. The van der Waals surface area contributed by atoms with Gasteiger partial charge in [-0.1, -0.05) is 6.58 Å². The van der Waals surface area contributed by atoms with Crippen molar-refractivity contribution in [2.75, 3.05) is 6.61 Å². The van der Waals surface area contributed by atoms with Gasteiger partial charge in [-0.25, -0.2) is 0 Å². The molecule has 158 valence electrons. The Balaban J connectivity index is 3.26. The third-order valence-electron chi connectivity index (χ3n) is 3.84. The Labute approximate surface area is 163 Å². The van der Waals surface area contributed by atoms with E-state index in [1.165, 1.54) is 27.7 Å². The normalized spacial score (nSPS) is 26.6. The van der Waals surface area contributed by atoms with E-state index in [0.29, 0.717) is 12.1 Å². The third kappa shape index (κ3) is 7.55. The van der Waals surface area contributed by atoms with Crippen molar-refractivity contribution >= 4 is 23.9 Å². The first-order chi connectivity index (χ1) is 13.0. The lowest BCUT2D eigenvalue weighted by molar-refractivity contribution is -0.253. The zero-order valence-corrected chi connectivity index (χ0v) is 16.5. The highest BCUT2D eigenvalue weighted by Gasteiger charge is 2.51. The van der Waals surface area contributed by atoms with Crippen LogP contribution in [0.2, 0.25) is 0 Å². The summed E-state index contributed by atoms with van der Waals surface area (Å²) in [6, 6.07) is 0. The van der Waals surface area contributed by atoms with Gasteiger partial charge in [-0.3, -0.25) is 19.2 Å². The molecule has 1 fully saturated rings. The average Bonchev–Trinajstić information content (AvgIpc) is 2.54. The molecule has 1 heterocycles. The lowest BCUT2D eigenvalue weighted by atomic mass is 9.91. The number of ether oxygens (including phenoxy) is 5. The molecule has 0 saturated carbocycles. The lowest BCUT2D eigenvalue weighted by Gasteiger charge is -2.44. The smallest absolute Gasteiger partial charge is 0.303 e. The van der Waals surface area contributed by atoms with Crippen LogP contribution in [-0.4, -0.2) is 61.0 Å². The van der Waals surface area contributed by atoms with Gasteiger partial charge in [-0.05, 0) is 12.8 Å². The molecular weight excluding hydrogens is 374 g/mol. The van der Waals surface area contributed by atoms with E-state index in [1.54, 1.807) is 0 Å². The van der Waals surface area contributed by atoms with Crippen molar-refractivity contribution in [1.29, 1.82) is 0 Å². The van der Waals surface area contributed by atoms with Gasteiger partial charge in [-0.15, -0.1) is 0 Å². The molecule has 0 amide bonds. The summed E-state index contributed by atoms with van der Waals surface area (Å²) >= 11 is 0. The number of nitrogens with two attached hydrogens (primary N) is 1. The number of carbonyl (C=O) groups is 4. The van der Waals surface area contributed by atoms with Gasteiger partial charge in [0.15, 0.2) is 18.3 Å². The Morgan fingerprint density at radius 2 is 1.29 bits per heavy atom. The maximum Gasteiger partial charge on any atom is 0.303 e. The zero-order valence-electron chi connectivity index (χ0n) is 16.5. The SMILES string of the molecule is C=C(N)CC[C@H]1O[C@H](COC(C)=O)[C@@H](OC(C)=O)[C@H](OC(C)=O)[C@@H]1OC(C)=O. The van der Waals surface area contributed by atoms with Crippen molar-refractivity contribution < 1.29 is 42.9 Å². The van der Waals surface area contributed by atoms with Gasteiger partial charge in [0.05, 0.1) is 6.10 Å². The fourth-order valence-corrected chi connectivity index (χ4v) is 2.88. The fraction of sp³-hybridized carbons (Fsp3) is 0.667. The number of carbonyl (C=O) groups excluding carboxylic acids is 4. The van der Waals surface area contributed by atoms with Gasteiger partial charge < -0.3 is 29.4 Å². The Kier molecular flexibility index (Phi) is 8.90. The molecule has 0 unspecified atom stereocenters. The maximum atomic E-state index is 11.7. The molecule has 0 radical (unpaired) electrons. The van der Waals surface area contributed by atoms with E-state index in [4.69, 9.17) is 29.4 Å². The second-order valence-corrected chi connectivity index (χ2v) is 6.43. The largest absolute Gasteiger partial charge is 0.463 e. The summed E-state index contributed by atoms with van der Waals surface area (Å²) < 4.78 is 26.8. The van der Waals surface area contributed by atoms with E-state index in [9.17, 15) is 19.2 Å². The van der Waals surface area contributed by atoms with E-state index >= 15 is 0 Å². The van der Waals surface area contributed by atoms with Crippen molar-refractivity contribution in [3.05, 3.63) is 12.3 Å². The van der Waals surface area contributed by atoms with Crippen LogP contribution in [0.15, 0.2) is 12.3 Å². The molecule has 0 bridgehead atoms. The van der Waals surface area contributed by atoms with Crippen LogP contribution in [0, 0.1) is 0 Å². The van der Waals surface area contributed by atoms with Crippen LogP contribution in [0.1, 0.15) is 40.5 Å². The van der Waals surface area contributed by atoms with Crippen LogP contribution in [-0.2, 0) is 42.9 Å². The molecule has 2 N–H and O–H groups in total. The van der Waals surface area contributed by atoms with Crippen LogP contribution >= 0.6 is 0 Å². The molecule has 1 rings (SSSR count). The fourth-order valence-electron chi connectivity index (χ4n) is 2.88. The highest BCUT2D eigenvalue weighted by atomic mass is 16.7. The molecule has 1 aliphatic rings. The quantitative estimate of drug-likeness (QED) is 0.448. The molecule has 0 aromatic rings. The Hall–Kier alpha value is -2.62. The average molecular weight is 401 g/mol. The Bertz CT molecular complexity index is 574. The second-order valence-electron chi connectivity index (χ2n) is 6.43. The van der Waals surface area contributed by atoms with Gasteiger partial charge in [0.2, 0.25) is 0 Å². The van der Waals surface area contributed by atoms with Crippen molar-refractivity contribution in [3.63, 3.8) is 0 Å². The van der Waals surface area contributed by atoms with Gasteiger partial charge in [0.25, 0.3) is 0 Å². The third-order valence-corrected chi connectivity index (χ3v) is 3.84. The van der Waals surface area contributed by atoms with Crippen molar-refractivity contribution in [1.82, 2.24) is 0 Å². The molecule has 0 aliphatic carbocycles. The highest BCUT2D eigenvalue weighted by molar-refractivity contribution is 5.68. The van der Waals surface area contributed by atoms with Gasteiger partial charge in [0.1, 0.15) is 12.7 Å². The topological polar surface area (TPSA) is 140 Å². The molecule has 0 aromatic heterocycles. The number of hydrogen-bond acceptors (Lipinski definition) is 10. The van der Waals surface area contributed by atoms with Crippen LogP contribution in [0.4, 0.5) is 0 Å². The predicted octanol–water partition coefficient (Wildman–Crippen LogP) is 0.365. The molecule has 0 aromatic carbocycles. The number of esters is 4. The number of rotatable bonds is 8. The minimum atomic E-state index is -1.16. The van der Waals surface area contributed by atoms with Crippen molar-refractivity contribution in [2.24, 2.45) is 5.73 Å². The number of allylic oxidation sites excluding steroid dienone is 1. The molecule has 0 spiro atoms. The van der Waals surface area contributed by atoms with Crippen molar-refractivity contribution in [3.8, 4) is 0 Å². The Morgan fingerprint density at radius 3 is 1.71 bits per heavy atom. The summed E-state index contributed by atoms with van der Waals surface area (Å²) in [5, 5.41) is 0. The molecule has 10 heteroatoms. The monoisotopic (exact) mass is 401 g/mol. The van der Waals surface area contributed by atoms with E-state index in [0.717, 1.165) is 0 Å². The van der Waals surface area contributed by atoms with Crippen LogP contribution in [0.3, 0.4) is 0 Å². The van der Waals surface area contributed by atoms with Gasteiger partial charge in [-0.2, -0.15) is 0 Å². The Morgan fingerprint density at radius 1 is 0.821 bits per heavy atom. The molecule has 28 heavy (non-hydrogen) atoms. The summed E-state index contributed by atoms with van der Waals surface area (Å²) in [6.45, 7) is 8.10. The predicted molar refractivity (Wildman–Crippen MR) is 94.5 cm³/mol. The van der Waals surface area contributed by atoms with E-state index in [2.05, 4.69) is 6.58 Å².